The van der Waals surface area contributed by atoms with Crippen LogP contribution in [0.25, 0.3) is 0 Å². The van der Waals surface area contributed by atoms with Crippen LogP contribution in [0.2, 0.25) is 0 Å². The number of benzene rings is 1. The lowest BCUT2D eigenvalue weighted by Crippen LogP contribution is -2.62. The highest BCUT2D eigenvalue weighted by molar-refractivity contribution is 5.83. The zero-order chi connectivity index (χ0) is 17.1. The molecule has 5 rings (SSSR count). The first-order chi connectivity index (χ1) is 12.2. The third kappa shape index (κ3) is 4.00. The number of anilines is 1. The van der Waals surface area contributed by atoms with Crippen molar-refractivity contribution in [3.63, 3.8) is 0 Å². The minimum Gasteiger partial charge on any atom is -0.287 e. The van der Waals surface area contributed by atoms with E-state index in [4.69, 9.17) is 4.84 Å². The molecule has 1 saturated carbocycles. The van der Waals surface area contributed by atoms with Crippen LogP contribution in [0.1, 0.15) is 51.4 Å². The number of para-hydroxylation sites is 1. The van der Waals surface area contributed by atoms with Crippen LogP contribution in [0.15, 0.2) is 30.3 Å². The van der Waals surface area contributed by atoms with E-state index in [0.29, 0.717) is 4.65 Å². The minimum absolute atomic E-state index is 0.303. The molecule has 1 aromatic carbocycles. The molecule has 0 aromatic heterocycles. The molecule has 1 aromatic rings. The number of nitrogens with zero attached hydrogens (tertiary/aromatic N) is 1. The van der Waals surface area contributed by atoms with Gasteiger partial charge >= 0.3 is 6.09 Å². The van der Waals surface area contributed by atoms with Crippen LogP contribution in [-0.2, 0) is 4.84 Å². The minimum atomic E-state index is -0.303. The zero-order valence-electron chi connectivity index (χ0n) is 15.2. The predicted octanol–water partition coefficient (Wildman–Crippen LogP) is 4.98. The average Bonchev–Trinajstić information content (AvgIpc) is 2.64. The molecule has 3 saturated heterocycles. The summed E-state index contributed by atoms with van der Waals surface area (Å²) < 4.78 is 0.548. The average molecular weight is 343 g/mol. The van der Waals surface area contributed by atoms with Gasteiger partial charge in [0.05, 0.1) is 0 Å². The Morgan fingerprint density at radius 1 is 1.04 bits per heavy atom. The van der Waals surface area contributed by atoms with Crippen molar-refractivity contribution in [3.05, 3.63) is 30.3 Å². The zero-order valence-corrected chi connectivity index (χ0v) is 15.2. The Morgan fingerprint density at radius 3 is 2.48 bits per heavy atom. The van der Waals surface area contributed by atoms with Gasteiger partial charge in [-0.15, -0.1) is 4.65 Å². The first kappa shape index (κ1) is 16.9. The van der Waals surface area contributed by atoms with Crippen molar-refractivity contribution in [1.29, 1.82) is 0 Å². The van der Waals surface area contributed by atoms with Gasteiger partial charge in [0, 0.05) is 24.4 Å². The Bertz CT molecular complexity index is 575. The fourth-order valence-corrected chi connectivity index (χ4v) is 5.37. The van der Waals surface area contributed by atoms with Crippen molar-refractivity contribution in [1.82, 2.24) is 0 Å². The van der Waals surface area contributed by atoms with Crippen molar-refractivity contribution in [2.24, 2.45) is 17.8 Å². The molecule has 3 aliphatic heterocycles. The summed E-state index contributed by atoms with van der Waals surface area (Å²) in [4.78, 5) is 18.4. The van der Waals surface area contributed by atoms with E-state index >= 15 is 0 Å². The summed E-state index contributed by atoms with van der Waals surface area (Å²) in [6.07, 6.45) is 10.6. The van der Waals surface area contributed by atoms with Gasteiger partial charge in [0.1, 0.15) is 19.6 Å². The van der Waals surface area contributed by atoms with Gasteiger partial charge in [-0.2, -0.15) is 0 Å². The summed E-state index contributed by atoms with van der Waals surface area (Å²) in [6, 6.07) is 9.60. The molecule has 4 heteroatoms. The topological polar surface area (TPSA) is 38.3 Å². The van der Waals surface area contributed by atoms with Crippen LogP contribution in [0.4, 0.5) is 10.5 Å². The van der Waals surface area contributed by atoms with Crippen molar-refractivity contribution < 1.29 is 14.3 Å². The maximum absolute atomic E-state index is 12.4. The standard InChI is InChI=1S/C21H30N2O2/c24-21(22-20-9-5-2-6-10-20)25-23-13-11-18(12-14-23)19(16-23)15-17-7-3-1-4-8-17/h2,5-6,9-10,17-19H,1,3-4,7-8,11-16H2/p+1/t18?,19-,23?/m0/s1. The lowest BCUT2D eigenvalue weighted by molar-refractivity contribution is -1.10. The molecule has 1 N–H and O–H groups in total. The first-order valence-corrected chi connectivity index (χ1v) is 10.1. The van der Waals surface area contributed by atoms with Crippen LogP contribution in [0.5, 0.6) is 0 Å². The smallest absolute Gasteiger partial charge is 0.287 e. The van der Waals surface area contributed by atoms with Crippen molar-refractivity contribution >= 4 is 11.8 Å². The number of piperidine rings is 3. The van der Waals surface area contributed by atoms with E-state index in [1.807, 2.05) is 30.3 Å². The predicted molar refractivity (Wildman–Crippen MR) is 98.8 cm³/mol. The van der Waals surface area contributed by atoms with Gasteiger partial charge < -0.3 is 0 Å². The second-order valence-electron chi connectivity index (χ2n) is 8.39. The third-order valence-electron chi connectivity index (χ3n) is 6.71. The summed E-state index contributed by atoms with van der Waals surface area (Å²) in [6.45, 7) is 3.02. The molecule has 4 aliphatic rings. The fourth-order valence-electron chi connectivity index (χ4n) is 5.37. The van der Waals surface area contributed by atoms with Gasteiger partial charge in [-0.25, -0.2) is 4.79 Å². The maximum atomic E-state index is 12.4. The number of hydrogen-bond donors (Lipinski definition) is 1. The molecule has 136 valence electrons. The van der Waals surface area contributed by atoms with E-state index in [0.717, 1.165) is 43.1 Å². The fraction of sp³-hybridized carbons (Fsp3) is 0.667. The molecule has 4 nitrogen and oxygen atoms in total. The molecule has 0 spiro atoms. The second-order valence-corrected chi connectivity index (χ2v) is 8.39. The van der Waals surface area contributed by atoms with Crippen LogP contribution >= 0.6 is 0 Å². The number of amides is 1. The lowest BCUT2D eigenvalue weighted by Gasteiger charge is -2.49. The van der Waals surface area contributed by atoms with Crippen molar-refractivity contribution in [3.8, 4) is 0 Å². The highest BCUT2D eigenvalue weighted by Gasteiger charge is 2.49. The number of carbonyl (C=O) groups is 1. The molecular weight excluding hydrogens is 312 g/mol. The number of hydroxylamine groups is 3. The molecule has 0 unspecified atom stereocenters. The molecule has 1 amide bonds. The Hall–Kier alpha value is -1.55. The molecule has 25 heavy (non-hydrogen) atoms. The van der Waals surface area contributed by atoms with Gasteiger partial charge in [0.2, 0.25) is 0 Å². The SMILES string of the molecule is O=C(Nc1ccccc1)O[N+]12CCC(CC1)[C@@H](CC1CCCCC1)C2. The monoisotopic (exact) mass is 343 g/mol. The number of quaternary nitrogens is 1. The van der Waals surface area contributed by atoms with E-state index in [9.17, 15) is 4.79 Å². The summed E-state index contributed by atoms with van der Waals surface area (Å²) in [5, 5.41) is 2.89. The first-order valence-electron chi connectivity index (χ1n) is 10.1. The normalized spacial score (nSPS) is 32.3. The number of hydrogen-bond acceptors (Lipinski definition) is 2. The lowest BCUT2D eigenvalue weighted by atomic mass is 9.72. The molecule has 1 atom stereocenters. The van der Waals surface area contributed by atoms with Gasteiger partial charge in [-0.05, 0) is 30.4 Å². The summed E-state index contributed by atoms with van der Waals surface area (Å²) >= 11 is 0. The van der Waals surface area contributed by atoms with Crippen LogP contribution in [-0.4, -0.2) is 30.4 Å². The largest absolute Gasteiger partial charge is 0.466 e. The van der Waals surface area contributed by atoms with E-state index < -0.39 is 0 Å². The highest BCUT2D eigenvalue weighted by Crippen LogP contribution is 2.43. The summed E-state index contributed by atoms with van der Waals surface area (Å²) in [7, 11) is 0. The van der Waals surface area contributed by atoms with Gasteiger partial charge in [0.25, 0.3) is 0 Å². The third-order valence-corrected chi connectivity index (χ3v) is 6.71. The molecule has 3 heterocycles. The van der Waals surface area contributed by atoms with Crippen molar-refractivity contribution in [2.45, 2.75) is 51.4 Å². The number of nitrogens with one attached hydrogen (secondary N) is 1. The molecule has 4 fully saturated rings. The summed E-state index contributed by atoms with van der Waals surface area (Å²) in [5.74, 6) is 2.52. The van der Waals surface area contributed by atoms with Crippen LogP contribution in [0, 0.1) is 17.8 Å². The maximum Gasteiger partial charge on any atom is 0.466 e. The molecule has 2 bridgehead atoms. The Balaban J connectivity index is 1.36. The van der Waals surface area contributed by atoms with Gasteiger partial charge in [-0.1, -0.05) is 50.3 Å². The molecule has 0 radical (unpaired) electrons. The number of fused-ring (bicyclic) bond motifs is 3. The number of carbonyl (C=O) groups excluding carboxylic acids is 1. The van der Waals surface area contributed by atoms with Crippen LogP contribution in [0.3, 0.4) is 0 Å². The van der Waals surface area contributed by atoms with Crippen molar-refractivity contribution in [2.75, 3.05) is 25.0 Å². The highest BCUT2D eigenvalue weighted by atomic mass is 16.8. The quantitative estimate of drug-likeness (QED) is 0.783. The second kappa shape index (κ2) is 7.36. The van der Waals surface area contributed by atoms with Crippen LogP contribution < -0.4 is 5.32 Å². The number of rotatable bonds is 4. The molecule has 1 aliphatic carbocycles. The van der Waals surface area contributed by atoms with E-state index in [1.54, 1.807) is 0 Å². The Kier molecular flexibility index (Phi) is 4.98. The summed E-state index contributed by atoms with van der Waals surface area (Å²) in [5.41, 5.74) is 0.802. The van der Waals surface area contributed by atoms with Gasteiger partial charge in [0.15, 0.2) is 0 Å². The van der Waals surface area contributed by atoms with Gasteiger partial charge in [-0.3, -0.25) is 10.2 Å². The molecular formula is C21H31N2O2+. The van der Waals surface area contributed by atoms with E-state index in [1.165, 1.54) is 51.4 Å². The Morgan fingerprint density at radius 2 is 1.76 bits per heavy atom. The van der Waals surface area contributed by atoms with E-state index in [-0.39, 0.29) is 6.09 Å². The van der Waals surface area contributed by atoms with E-state index in [2.05, 4.69) is 5.32 Å². The Labute approximate surface area is 151 Å².